The summed E-state index contributed by atoms with van der Waals surface area (Å²) < 4.78 is 0. The zero-order chi connectivity index (χ0) is 10.5. The third-order valence-electron chi connectivity index (χ3n) is 0.943. The van der Waals surface area contributed by atoms with Crippen molar-refractivity contribution in [1.82, 2.24) is 0 Å². The van der Waals surface area contributed by atoms with Gasteiger partial charge in [0.25, 0.3) is 5.84 Å². The van der Waals surface area contributed by atoms with Crippen LogP contribution in [-0.4, -0.2) is 30.2 Å². The molecule has 0 unspecified atom stereocenters. The highest BCUT2D eigenvalue weighted by atomic mass is 16.6. The summed E-state index contributed by atoms with van der Waals surface area (Å²) in [5.41, 5.74) is -0.177. The third kappa shape index (κ3) is 5.84. The van der Waals surface area contributed by atoms with Gasteiger partial charge in [-0.25, -0.2) is 9.79 Å². The molecule has 0 fully saturated rings. The molecule has 0 amide bonds. The lowest BCUT2D eigenvalue weighted by atomic mass is 9.99. The lowest BCUT2D eigenvalue weighted by Crippen LogP contribution is -2.14. The molecule has 13 heavy (non-hydrogen) atoms. The summed E-state index contributed by atoms with van der Waals surface area (Å²) in [6.07, 6.45) is 1.51. The number of hydrogen-bond donors (Lipinski definition) is 1. The zero-order valence-electron chi connectivity index (χ0n) is 8.24. The smallest absolute Gasteiger partial charge is 0.377 e. The van der Waals surface area contributed by atoms with Gasteiger partial charge in [0.2, 0.25) is 0 Å². The van der Waals surface area contributed by atoms with Crippen LogP contribution in [0.3, 0.4) is 0 Å². The van der Waals surface area contributed by atoms with Crippen LogP contribution in [0, 0.1) is 5.41 Å². The highest BCUT2D eigenvalue weighted by molar-refractivity contribution is 6.35. The summed E-state index contributed by atoms with van der Waals surface area (Å²) in [5, 5.41) is 11.8. The summed E-state index contributed by atoms with van der Waals surface area (Å²) >= 11 is 0. The van der Waals surface area contributed by atoms with Gasteiger partial charge < -0.3 is 9.94 Å². The minimum Gasteiger partial charge on any atom is -0.475 e. The van der Waals surface area contributed by atoms with Crippen LogP contribution in [-0.2, 0) is 9.63 Å². The van der Waals surface area contributed by atoms with Crippen molar-refractivity contribution < 1.29 is 14.7 Å². The summed E-state index contributed by atoms with van der Waals surface area (Å²) in [5.74, 6) is -1.56. The number of rotatable bonds is 1. The molecule has 5 heteroatoms. The van der Waals surface area contributed by atoms with Crippen molar-refractivity contribution in [1.29, 1.82) is 0 Å². The van der Waals surface area contributed by atoms with Gasteiger partial charge in [0.15, 0.2) is 0 Å². The topological polar surface area (TPSA) is 71.2 Å². The number of carbonyl (C=O) groups is 1. The molecule has 0 rings (SSSR count). The number of carboxylic acids is 1. The van der Waals surface area contributed by atoms with Gasteiger partial charge in [-0.3, -0.25) is 0 Å². The van der Waals surface area contributed by atoms with Crippen molar-refractivity contribution >= 4 is 18.0 Å². The fourth-order valence-corrected chi connectivity index (χ4v) is 0.459. The molecule has 5 nitrogen and oxygen atoms in total. The molecular weight excluding hydrogens is 172 g/mol. The van der Waals surface area contributed by atoms with Crippen LogP contribution in [0.5, 0.6) is 0 Å². The van der Waals surface area contributed by atoms with Crippen LogP contribution >= 0.6 is 0 Å². The molecule has 0 bridgehead atoms. The second-order valence-corrected chi connectivity index (χ2v) is 3.53. The standard InChI is InChI=1S/C8H14N2O3/c1-8(2,3)5-9-6(7(11)12)10-13-4/h5H,1-4H3,(H,11,12)/b9-5?,10-6-. The number of amidine groups is 1. The Bertz CT molecular complexity index is 238. The highest BCUT2D eigenvalue weighted by Gasteiger charge is 2.11. The van der Waals surface area contributed by atoms with E-state index in [1.54, 1.807) is 0 Å². The molecule has 0 aromatic heterocycles. The largest absolute Gasteiger partial charge is 0.475 e. The predicted octanol–water partition coefficient (Wildman–Crippen LogP) is 1.15. The van der Waals surface area contributed by atoms with Crippen LogP contribution in [0.15, 0.2) is 10.1 Å². The van der Waals surface area contributed by atoms with Crippen molar-refractivity contribution in [2.24, 2.45) is 15.6 Å². The van der Waals surface area contributed by atoms with Crippen LogP contribution in [0.25, 0.3) is 0 Å². The number of nitrogens with zero attached hydrogens (tertiary/aromatic N) is 2. The first kappa shape index (κ1) is 11.6. The average molecular weight is 186 g/mol. The van der Waals surface area contributed by atoms with Crippen molar-refractivity contribution in [3.63, 3.8) is 0 Å². The van der Waals surface area contributed by atoms with E-state index in [1.807, 2.05) is 20.8 Å². The first-order chi connectivity index (χ1) is 5.87. The number of oxime groups is 1. The fourth-order valence-electron chi connectivity index (χ4n) is 0.459. The van der Waals surface area contributed by atoms with Gasteiger partial charge in [0.1, 0.15) is 7.11 Å². The third-order valence-corrected chi connectivity index (χ3v) is 0.943. The Labute approximate surface area is 77.1 Å². The van der Waals surface area contributed by atoms with E-state index >= 15 is 0 Å². The Balaban J connectivity index is 4.54. The van der Waals surface area contributed by atoms with E-state index < -0.39 is 5.97 Å². The van der Waals surface area contributed by atoms with Crippen molar-refractivity contribution in [3.05, 3.63) is 0 Å². The molecule has 74 valence electrons. The van der Waals surface area contributed by atoms with Gasteiger partial charge in [0, 0.05) is 6.21 Å². The molecule has 0 spiro atoms. The van der Waals surface area contributed by atoms with Gasteiger partial charge in [-0.1, -0.05) is 25.9 Å². The van der Waals surface area contributed by atoms with E-state index in [-0.39, 0.29) is 11.3 Å². The second-order valence-electron chi connectivity index (χ2n) is 3.53. The second kappa shape index (κ2) is 4.59. The SMILES string of the molecule is CO/N=C(\N=CC(C)(C)C)C(=O)O. The maximum absolute atomic E-state index is 10.5. The van der Waals surface area contributed by atoms with Crippen LogP contribution in [0.4, 0.5) is 0 Å². The monoisotopic (exact) mass is 186 g/mol. The summed E-state index contributed by atoms with van der Waals surface area (Å²) in [4.78, 5) is 18.5. The van der Waals surface area contributed by atoms with Gasteiger partial charge >= 0.3 is 5.97 Å². The van der Waals surface area contributed by atoms with E-state index in [4.69, 9.17) is 5.11 Å². The number of aliphatic imine (C=N–C) groups is 1. The van der Waals surface area contributed by atoms with Gasteiger partial charge in [-0.15, -0.1) is 0 Å². The Kier molecular flexibility index (Phi) is 4.10. The predicted molar refractivity (Wildman–Crippen MR) is 50.0 cm³/mol. The molecule has 0 radical (unpaired) electrons. The maximum atomic E-state index is 10.5. The van der Waals surface area contributed by atoms with Crippen molar-refractivity contribution in [2.75, 3.05) is 7.11 Å². The molecule has 0 aromatic carbocycles. The van der Waals surface area contributed by atoms with Crippen LogP contribution in [0.2, 0.25) is 0 Å². The average Bonchev–Trinajstić information content (AvgIpc) is 1.95. The summed E-state index contributed by atoms with van der Waals surface area (Å²) in [7, 11) is 1.27. The minimum absolute atomic E-state index is 0.177. The molecule has 0 aliphatic heterocycles. The molecule has 0 atom stereocenters. The Hall–Kier alpha value is -1.39. The molecule has 0 heterocycles. The molecule has 0 aliphatic carbocycles. The Morgan fingerprint density at radius 3 is 2.31 bits per heavy atom. The van der Waals surface area contributed by atoms with E-state index in [0.717, 1.165) is 0 Å². The fraction of sp³-hybridized carbons (Fsp3) is 0.625. The van der Waals surface area contributed by atoms with Gasteiger partial charge in [-0.05, 0) is 5.41 Å². The molecule has 0 saturated heterocycles. The number of carboxylic acid groups (broad SMARTS) is 1. The number of aliphatic carboxylic acids is 1. The molecule has 0 saturated carbocycles. The zero-order valence-corrected chi connectivity index (χ0v) is 8.24. The number of hydrogen-bond acceptors (Lipinski definition) is 3. The van der Waals surface area contributed by atoms with Crippen molar-refractivity contribution in [3.8, 4) is 0 Å². The molecule has 1 N–H and O–H groups in total. The lowest BCUT2D eigenvalue weighted by molar-refractivity contribution is -0.129. The van der Waals surface area contributed by atoms with Crippen molar-refractivity contribution in [2.45, 2.75) is 20.8 Å². The summed E-state index contributed by atoms with van der Waals surface area (Å²) in [6.45, 7) is 5.72. The highest BCUT2D eigenvalue weighted by Crippen LogP contribution is 2.08. The van der Waals surface area contributed by atoms with Crippen LogP contribution < -0.4 is 0 Å². The Morgan fingerprint density at radius 1 is 1.46 bits per heavy atom. The molecule has 0 aromatic rings. The summed E-state index contributed by atoms with van der Waals surface area (Å²) in [6, 6.07) is 0. The molecule has 0 aliphatic rings. The normalized spacial score (nSPS) is 13.4. The minimum atomic E-state index is -1.21. The van der Waals surface area contributed by atoms with E-state index in [0.29, 0.717) is 0 Å². The van der Waals surface area contributed by atoms with E-state index in [2.05, 4.69) is 15.0 Å². The van der Waals surface area contributed by atoms with Gasteiger partial charge in [-0.2, -0.15) is 0 Å². The van der Waals surface area contributed by atoms with E-state index in [1.165, 1.54) is 13.3 Å². The lowest BCUT2D eigenvalue weighted by Gasteiger charge is -2.09. The first-order valence-corrected chi connectivity index (χ1v) is 3.76. The maximum Gasteiger partial charge on any atom is 0.377 e. The molecular formula is C8H14N2O3. The van der Waals surface area contributed by atoms with Crippen LogP contribution in [0.1, 0.15) is 20.8 Å². The quantitative estimate of drug-likeness (QED) is 0.379. The van der Waals surface area contributed by atoms with Gasteiger partial charge in [0.05, 0.1) is 0 Å². The Morgan fingerprint density at radius 2 is 2.00 bits per heavy atom. The first-order valence-electron chi connectivity index (χ1n) is 3.76. The van der Waals surface area contributed by atoms with E-state index in [9.17, 15) is 4.79 Å².